The number of rotatable bonds is 3. The smallest absolute Gasteiger partial charge is 0.252 e. The number of nitrogens with one attached hydrogen (secondary N) is 2. The van der Waals surface area contributed by atoms with E-state index >= 15 is 0 Å². The van der Waals surface area contributed by atoms with Crippen molar-refractivity contribution in [1.82, 2.24) is 10.3 Å². The zero-order valence-corrected chi connectivity index (χ0v) is 11.4. The number of amides is 1. The number of carbonyl (C=O) groups is 1. The van der Waals surface area contributed by atoms with Crippen molar-refractivity contribution in [2.45, 2.75) is 33.2 Å². The van der Waals surface area contributed by atoms with Crippen LogP contribution < -0.4 is 10.9 Å². The molecule has 1 heterocycles. The number of aryl methyl sites for hydroxylation is 1. The number of para-hydroxylation sites is 1. The van der Waals surface area contributed by atoms with Crippen LogP contribution in [0.25, 0.3) is 10.9 Å². The Morgan fingerprint density at radius 3 is 2.84 bits per heavy atom. The number of hydrogen-bond donors (Lipinski definition) is 2. The molecule has 0 spiro atoms. The molecule has 1 amide bonds. The largest absolute Gasteiger partial charge is 0.350 e. The maximum atomic E-state index is 12.2. The summed E-state index contributed by atoms with van der Waals surface area (Å²) in [4.78, 5) is 26.7. The predicted octanol–water partition coefficient (Wildman–Crippen LogP) is 2.36. The first-order valence-electron chi connectivity index (χ1n) is 6.46. The van der Waals surface area contributed by atoms with E-state index in [4.69, 9.17) is 0 Å². The van der Waals surface area contributed by atoms with Gasteiger partial charge in [-0.2, -0.15) is 0 Å². The van der Waals surface area contributed by atoms with Crippen LogP contribution >= 0.6 is 0 Å². The van der Waals surface area contributed by atoms with Crippen LogP contribution in [0.4, 0.5) is 0 Å². The Morgan fingerprint density at radius 2 is 2.16 bits per heavy atom. The lowest BCUT2D eigenvalue weighted by Gasteiger charge is -2.13. The van der Waals surface area contributed by atoms with Crippen molar-refractivity contribution >= 4 is 16.8 Å². The van der Waals surface area contributed by atoms with Gasteiger partial charge in [0.2, 0.25) is 5.56 Å². The summed E-state index contributed by atoms with van der Waals surface area (Å²) < 4.78 is 0. The van der Waals surface area contributed by atoms with Crippen molar-refractivity contribution in [3.8, 4) is 0 Å². The van der Waals surface area contributed by atoms with Gasteiger partial charge in [-0.3, -0.25) is 9.59 Å². The number of pyridine rings is 1. The molecule has 0 radical (unpaired) electrons. The molecular formula is C15H18N2O2. The molecule has 4 heteroatoms. The van der Waals surface area contributed by atoms with Crippen molar-refractivity contribution in [3.63, 3.8) is 0 Å². The molecule has 0 saturated carbocycles. The molecule has 0 saturated heterocycles. The SMILES string of the molecule is CC[C@H](C)NC(=O)c1cc(=O)[nH]c2c(C)cccc12. The topological polar surface area (TPSA) is 62.0 Å². The number of fused-ring (bicyclic) bond motifs is 1. The molecule has 1 aromatic carbocycles. The molecule has 0 aliphatic carbocycles. The van der Waals surface area contributed by atoms with Gasteiger partial charge < -0.3 is 10.3 Å². The van der Waals surface area contributed by atoms with Crippen LogP contribution in [0.1, 0.15) is 36.2 Å². The van der Waals surface area contributed by atoms with Crippen LogP contribution in [0, 0.1) is 6.92 Å². The average Bonchev–Trinajstić information content (AvgIpc) is 2.38. The Balaban J connectivity index is 2.57. The summed E-state index contributed by atoms with van der Waals surface area (Å²) in [5.41, 5.74) is 1.86. The Kier molecular flexibility index (Phi) is 3.69. The van der Waals surface area contributed by atoms with E-state index in [-0.39, 0.29) is 17.5 Å². The van der Waals surface area contributed by atoms with E-state index in [2.05, 4.69) is 10.3 Å². The lowest BCUT2D eigenvalue weighted by atomic mass is 10.0. The molecule has 0 aliphatic heterocycles. The summed E-state index contributed by atoms with van der Waals surface area (Å²) in [5, 5.41) is 3.67. The Hall–Kier alpha value is -2.10. The Morgan fingerprint density at radius 1 is 1.42 bits per heavy atom. The number of H-pyrrole nitrogens is 1. The van der Waals surface area contributed by atoms with E-state index in [0.717, 1.165) is 22.9 Å². The van der Waals surface area contributed by atoms with Gasteiger partial charge in [0, 0.05) is 17.5 Å². The Labute approximate surface area is 111 Å². The fourth-order valence-electron chi connectivity index (χ4n) is 2.02. The number of benzene rings is 1. The third-order valence-electron chi connectivity index (χ3n) is 3.32. The molecule has 1 aromatic heterocycles. The second-order valence-electron chi connectivity index (χ2n) is 4.83. The van der Waals surface area contributed by atoms with Gasteiger partial charge in [-0.25, -0.2) is 0 Å². The summed E-state index contributed by atoms with van der Waals surface area (Å²) in [6.07, 6.45) is 0.853. The molecule has 19 heavy (non-hydrogen) atoms. The van der Waals surface area contributed by atoms with Crippen molar-refractivity contribution < 1.29 is 4.79 Å². The highest BCUT2D eigenvalue weighted by molar-refractivity contribution is 6.06. The predicted molar refractivity (Wildman–Crippen MR) is 76.5 cm³/mol. The number of hydrogen-bond acceptors (Lipinski definition) is 2. The van der Waals surface area contributed by atoms with Crippen LogP contribution in [-0.2, 0) is 0 Å². The molecule has 0 unspecified atom stereocenters. The maximum Gasteiger partial charge on any atom is 0.252 e. The van der Waals surface area contributed by atoms with E-state index in [9.17, 15) is 9.59 Å². The van der Waals surface area contributed by atoms with Gasteiger partial charge in [-0.05, 0) is 25.8 Å². The summed E-state index contributed by atoms with van der Waals surface area (Å²) >= 11 is 0. The monoisotopic (exact) mass is 258 g/mol. The molecule has 0 aliphatic rings. The summed E-state index contributed by atoms with van der Waals surface area (Å²) in [7, 11) is 0. The van der Waals surface area contributed by atoms with E-state index in [0.29, 0.717) is 5.56 Å². The molecule has 2 aromatic rings. The minimum Gasteiger partial charge on any atom is -0.350 e. The number of carbonyl (C=O) groups excluding carboxylic acids is 1. The van der Waals surface area contributed by atoms with Gasteiger partial charge in [0.05, 0.1) is 11.1 Å². The van der Waals surface area contributed by atoms with E-state index in [1.807, 2.05) is 39.0 Å². The second-order valence-corrected chi connectivity index (χ2v) is 4.83. The average molecular weight is 258 g/mol. The van der Waals surface area contributed by atoms with Gasteiger partial charge in [-0.15, -0.1) is 0 Å². The van der Waals surface area contributed by atoms with E-state index < -0.39 is 0 Å². The van der Waals surface area contributed by atoms with Gasteiger partial charge in [0.1, 0.15) is 0 Å². The van der Waals surface area contributed by atoms with Crippen LogP contribution in [0.2, 0.25) is 0 Å². The van der Waals surface area contributed by atoms with Crippen LogP contribution in [-0.4, -0.2) is 16.9 Å². The molecule has 2 N–H and O–H groups in total. The highest BCUT2D eigenvalue weighted by Crippen LogP contribution is 2.18. The lowest BCUT2D eigenvalue weighted by molar-refractivity contribution is 0.0941. The zero-order chi connectivity index (χ0) is 14.0. The highest BCUT2D eigenvalue weighted by Gasteiger charge is 2.14. The second kappa shape index (κ2) is 5.26. The van der Waals surface area contributed by atoms with Gasteiger partial charge in [0.15, 0.2) is 0 Å². The molecule has 0 bridgehead atoms. The minimum absolute atomic E-state index is 0.0895. The van der Waals surface area contributed by atoms with Crippen LogP contribution in [0.15, 0.2) is 29.1 Å². The fraction of sp³-hybridized carbons (Fsp3) is 0.333. The highest BCUT2D eigenvalue weighted by atomic mass is 16.2. The van der Waals surface area contributed by atoms with E-state index in [1.165, 1.54) is 6.07 Å². The fourth-order valence-corrected chi connectivity index (χ4v) is 2.02. The van der Waals surface area contributed by atoms with Crippen LogP contribution in [0.3, 0.4) is 0 Å². The molecule has 0 fully saturated rings. The molecule has 100 valence electrons. The third kappa shape index (κ3) is 2.67. The zero-order valence-electron chi connectivity index (χ0n) is 11.4. The summed E-state index contributed by atoms with van der Waals surface area (Å²) in [5.74, 6) is -0.198. The first-order chi connectivity index (χ1) is 9.02. The number of aromatic nitrogens is 1. The molecular weight excluding hydrogens is 240 g/mol. The van der Waals surface area contributed by atoms with Gasteiger partial charge in [-0.1, -0.05) is 25.1 Å². The first-order valence-corrected chi connectivity index (χ1v) is 6.46. The van der Waals surface area contributed by atoms with Gasteiger partial charge >= 0.3 is 0 Å². The Bertz CT molecular complexity index is 673. The van der Waals surface area contributed by atoms with Crippen molar-refractivity contribution in [2.75, 3.05) is 0 Å². The molecule has 4 nitrogen and oxygen atoms in total. The number of aromatic amines is 1. The first kappa shape index (κ1) is 13.3. The molecule has 2 rings (SSSR count). The van der Waals surface area contributed by atoms with Crippen molar-refractivity contribution in [2.24, 2.45) is 0 Å². The summed E-state index contributed by atoms with van der Waals surface area (Å²) in [6, 6.07) is 7.10. The molecule has 1 atom stereocenters. The summed E-state index contributed by atoms with van der Waals surface area (Å²) in [6.45, 7) is 5.86. The van der Waals surface area contributed by atoms with Crippen molar-refractivity contribution in [1.29, 1.82) is 0 Å². The normalized spacial score (nSPS) is 12.4. The third-order valence-corrected chi connectivity index (χ3v) is 3.32. The van der Waals surface area contributed by atoms with Crippen LogP contribution in [0.5, 0.6) is 0 Å². The van der Waals surface area contributed by atoms with E-state index in [1.54, 1.807) is 0 Å². The maximum absolute atomic E-state index is 12.2. The van der Waals surface area contributed by atoms with Gasteiger partial charge in [0.25, 0.3) is 5.91 Å². The van der Waals surface area contributed by atoms with Crippen molar-refractivity contribution in [3.05, 3.63) is 45.7 Å². The standard InChI is InChI=1S/C15H18N2O2/c1-4-10(3)16-15(19)12-8-13(18)17-14-9(2)6-5-7-11(12)14/h5-8,10H,4H2,1-3H3,(H,16,19)(H,17,18)/t10-/m0/s1. The minimum atomic E-state index is -0.254. The lowest BCUT2D eigenvalue weighted by Crippen LogP contribution is -2.32. The quantitative estimate of drug-likeness (QED) is 0.887.